The molecule has 0 aliphatic carbocycles. The van der Waals surface area contributed by atoms with Crippen molar-refractivity contribution in [1.29, 1.82) is 0 Å². The average Bonchev–Trinajstić information content (AvgIpc) is 2.72. The number of fused-ring (bicyclic) bond motifs is 1. The number of ether oxygens (including phenoxy) is 1. The first-order chi connectivity index (χ1) is 5.68. The van der Waals surface area contributed by atoms with E-state index < -0.39 is 0 Å². The summed E-state index contributed by atoms with van der Waals surface area (Å²) in [5, 5.41) is 0.777. The normalized spacial score (nSPS) is 33.0. The van der Waals surface area contributed by atoms with Gasteiger partial charge in [0.25, 0.3) is 0 Å². The summed E-state index contributed by atoms with van der Waals surface area (Å²) in [7, 11) is 0. The molecule has 0 spiro atoms. The minimum atomic E-state index is 0.220. The molecule has 0 aromatic heterocycles. The van der Waals surface area contributed by atoms with E-state index in [4.69, 9.17) is 16.3 Å². The summed E-state index contributed by atoms with van der Waals surface area (Å²) < 4.78 is 5.42. The molecule has 2 atom stereocenters. The van der Waals surface area contributed by atoms with E-state index in [0.29, 0.717) is 6.04 Å². The molecule has 1 saturated heterocycles. The zero-order valence-corrected chi connectivity index (χ0v) is 7.95. The van der Waals surface area contributed by atoms with Gasteiger partial charge in [0.1, 0.15) is 6.10 Å². The smallest absolute Gasteiger partial charge is 0.161 e. The molecular formula is C9H12ClNO. The predicted octanol–water partition coefficient (Wildman–Crippen LogP) is 2.07. The maximum atomic E-state index is 5.92. The summed E-state index contributed by atoms with van der Waals surface area (Å²) in [6.45, 7) is 4.26. The van der Waals surface area contributed by atoms with Crippen molar-refractivity contribution in [3.05, 3.63) is 23.4 Å². The van der Waals surface area contributed by atoms with E-state index in [-0.39, 0.29) is 12.3 Å². The Morgan fingerprint density at radius 3 is 3.00 bits per heavy atom. The topological polar surface area (TPSA) is 15.8 Å². The molecule has 0 aromatic carbocycles. The van der Waals surface area contributed by atoms with E-state index in [1.807, 2.05) is 18.4 Å². The Balaban J connectivity index is 2.18. The van der Waals surface area contributed by atoms with Crippen LogP contribution in [0.2, 0.25) is 0 Å². The van der Waals surface area contributed by atoms with Crippen LogP contribution in [0.4, 0.5) is 0 Å². The Morgan fingerprint density at radius 1 is 1.58 bits per heavy atom. The standard InChI is InChI=1S/C9H12ClNO/c1-6(2)11-5-7(10)3-4-8-9(11)12-8/h3-6,8-9H,1-2H3. The molecule has 0 amide bonds. The Morgan fingerprint density at radius 2 is 2.33 bits per heavy atom. The van der Waals surface area contributed by atoms with Gasteiger partial charge in [-0.2, -0.15) is 0 Å². The lowest BCUT2D eigenvalue weighted by Gasteiger charge is -2.22. The van der Waals surface area contributed by atoms with Crippen LogP contribution in [-0.4, -0.2) is 23.3 Å². The van der Waals surface area contributed by atoms with Gasteiger partial charge in [0.2, 0.25) is 0 Å². The van der Waals surface area contributed by atoms with Gasteiger partial charge in [0.05, 0.1) is 5.03 Å². The van der Waals surface area contributed by atoms with Crippen LogP contribution in [-0.2, 0) is 4.74 Å². The monoisotopic (exact) mass is 185 g/mol. The molecule has 1 fully saturated rings. The first kappa shape index (κ1) is 8.14. The molecule has 0 N–H and O–H groups in total. The molecule has 2 aliphatic rings. The van der Waals surface area contributed by atoms with Gasteiger partial charge >= 0.3 is 0 Å². The largest absolute Gasteiger partial charge is 0.346 e. The Hall–Kier alpha value is -0.470. The molecule has 2 aliphatic heterocycles. The molecule has 2 unspecified atom stereocenters. The second-order valence-electron chi connectivity index (χ2n) is 3.41. The highest BCUT2D eigenvalue weighted by atomic mass is 35.5. The van der Waals surface area contributed by atoms with Gasteiger partial charge in [-0.05, 0) is 26.0 Å². The Kier molecular flexibility index (Phi) is 1.89. The highest BCUT2D eigenvalue weighted by molar-refractivity contribution is 6.31. The van der Waals surface area contributed by atoms with E-state index in [1.165, 1.54) is 0 Å². The van der Waals surface area contributed by atoms with E-state index >= 15 is 0 Å². The molecule has 0 saturated carbocycles. The summed E-state index contributed by atoms with van der Waals surface area (Å²) in [4.78, 5) is 2.15. The maximum absolute atomic E-state index is 5.92. The van der Waals surface area contributed by atoms with Gasteiger partial charge < -0.3 is 9.64 Å². The number of epoxide rings is 1. The lowest BCUT2D eigenvalue weighted by atomic mass is 10.3. The van der Waals surface area contributed by atoms with Crippen LogP contribution in [0.25, 0.3) is 0 Å². The third kappa shape index (κ3) is 1.37. The van der Waals surface area contributed by atoms with Gasteiger partial charge in [-0.3, -0.25) is 0 Å². The van der Waals surface area contributed by atoms with Gasteiger partial charge in [-0.15, -0.1) is 0 Å². The van der Waals surface area contributed by atoms with E-state index in [2.05, 4.69) is 18.7 Å². The third-order valence-electron chi connectivity index (χ3n) is 2.11. The Labute approximate surface area is 77.4 Å². The van der Waals surface area contributed by atoms with Crippen molar-refractivity contribution >= 4 is 11.6 Å². The van der Waals surface area contributed by atoms with Crippen molar-refractivity contribution in [1.82, 2.24) is 4.90 Å². The minimum absolute atomic E-state index is 0.220. The lowest BCUT2D eigenvalue weighted by Crippen LogP contribution is -2.29. The quantitative estimate of drug-likeness (QED) is 0.582. The molecule has 0 aromatic rings. The Bertz CT molecular complexity index is 247. The van der Waals surface area contributed by atoms with E-state index in [0.717, 1.165) is 5.03 Å². The summed E-state index contributed by atoms with van der Waals surface area (Å²) in [6, 6.07) is 0.439. The SMILES string of the molecule is CC(C)N1C=C(Cl)C=CC2OC21. The summed E-state index contributed by atoms with van der Waals surface area (Å²) in [5.41, 5.74) is 0. The molecule has 0 bridgehead atoms. The maximum Gasteiger partial charge on any atom is 0.161 e. The van der Waals surface area contributed by atoms with Gasteiger partial charge in [0, 0.05) is 12.2 Å². The van der Waals surface area contributed by atoms with Crippen LogP contribution in [0.3, 0.4) is 0 Å². The first-order valence-electron chi connectivity index (χ1n) is 4.17. The van der Waals surface area contributed by atoms with Gasteiger partial charge in [0.15, 0.2) is 6.23 Å². The van der Waals surface area contributed by atoms with E-state index in [1.54, 1.807) is 0 Å². The predicted molar refractivity (Wildman–Crippen MR) is 48.7 cm³/mol. The molecule has 3 heteroatoms. The van der Waals surface area contributed by atoms with Crippen molar-refractivity contribution < 1.29 is 4.74 Å². The zero-order valence-electron chi connectivity index (χ0n) is 7.20. The van der Waals surface area contributed by atoms with Crippen molar-refractivity contribution in [2.24, 2.45) is 0 Å². The number of rotatable bonds is 1. The summed E-state index contributed by atoms with van der Waals surface area (Å²) >= 11 is 5.92. The van der Waals surface area contributed by atoms with Crippen LogP contribution in [0.5, 0.6) is 0 Å². The highest BCUT2D eigenvalue weighted by Crippen LogP contribution is 2.32. The van der Waals surface area contributed by atoms with Crippen LogP contribution in [0.15, 0.2) is 23.4 Å². The number of nitrogens with zero attached hydrogens (tertiary/aromatic N) is 1. The van der Waals surface area contributed by atoms with Crippen molar-refractivity contribution in [3.63, 3.8) is 0 Å². The van der Waals surface area contributed by atoms with Crippen LogP contribution < -0.4 is 0 Å². The van der Waals surface area contributed by atoms with Crippen molar-refractivity contribution in [2.45, 2.75) is 32.2 Å². The fourth-order valence-corrected chi connectivity index (χ4v) is 1.57. The number of hydrogen-bond acceptors (Lipinski definition) is 2. The fraction of sp³-hybridized carbons (Fsp3) is 0.556. The summed E-state index contributed by atoms with van der Waals surface area (Å²) in [6.07, 6.45) is 6.32. The second kappa shape index (κ2) is 2.79. The van der Waals surface area contributed by atoms with Gasteiger partial charge in [-0.1, -0.05) is 11.6 Å². The average molecular weight is 186 g/mol. The van der Waals surface area contributed by atoms with E-state index in [9.17, 15) is 0 Å². The molecular weight excluding hydrogens is 174 g/mol. The fourth-order valence-electron chi connectivity index (χ4n) is 1.38. The summed E-state index contributed by atoms with van der Waals surface area (Å²) in [5.74, 6) is 0. The molecule has 12 heavy (non-hydrogen) atoms. The minimum Gasteiger partial charge on any atom is -0.346 e. The van der Waals surface area contributed by atoms with Gasteiger partial charge in [-0.25, -0.2) is 0 Å². The molecule has 0 radical (unpaired) electrons. The second-order valence-corrected chi connectivity index (χ2v) is 3.84. The van der Waals surface area contributed by atoms with Crippen molar-refractivity contribution in [2.75, 3.05) is 0 Å². The molecule has 2 rings (SSSR count). The lowest BCUT2D eigenvalue weighted by molar-refractivity contribution is 0.200. The zero-order chi connectivity index (χ0) is 8.72. The number of halogens is 1. The first-order valence-corrected chi connectivity index (χ1v) is 4.54. The number of allylic oxidation sites excluding steroid dienone is 2. The van der Waals surface area contributed by atoms with Crippen molar-refractivity contribution in [3.8, 4) is 0 Å². The highest BCUT2D eigenvalue weighted by Gasteiger charge is 2.42. The molecule has 66 valence electrons. The third-order valence-corrected chi connectivity index (χ3v) is 2.33. The van der Waals surface area contributed by atoms with Crippen LogP contribution >= 0.6 is 11.6 Å². The molecule has 2 nitrogen and oxygen atoms in total. The number of hydrogen-bond donors (Lipinski definition) is 0. The molecule has 2 heterocycles. The van der Waals surface area contributed by atoms with Crippen LogP contribution in [0, 0.1) is 0 Å². The van der Waals surface area contributed by atoms with Crippen LogP contribution in [0.1, 0.15) is 13.8 Å².